The molecule has 5 heteroatoms. The summed E-state index contributed by atoms with van der Waals surface area (Å²) < 4.78 is 31.4. The number of rotatable bonds is 3. The van der Waals surface area contributed by atoms with Crippen LogP contribution in [0.15, 0.2) is 12.1 Å². The first-order chi connectivity index (χ1) is 8.16. The van der Waals surface area contributed by atoms with Gasteiger partial charge < -0.3 is 15.2 Å². The Balaban J connectivity index is 1.94. The van der Waals surface area contributed by atoms with E-state index in [2.05, 4.69) is 5.32 Å². The minimum atomic E-state index is -0.929. The summed E-state index contributed by atoms with van der Waals surface area (Å²) in [6.45, 7) is 1.77. The van der Waals surface area contributed by atoms with E-state index in [9.17, 15) is 8.78 Å². The second-order valence-electron chi connectivity index (χ2n) is 4.20. The van der Waals surface area contributed by atoms with Gasteiger partial charge in [0.1, 0.15) is 0 Å². The average molecular weight is 243 g/mol. The maximum Gasteiger partial charge on any atom is 0.187 e. The van der Waals surface area contributed by atoms with Crippen LogP contribution in [-0.2, 0) is 11.3 Å². The van der Waals surface area contributed by atoms with Crippen molar-refractivity contribution in [3.8, 4) is 5.75 Å². The zero-order valence-corrected chi connectivity index (χ0v) is 9.38. The lowest BCUT2D eigenvalue weighted by atomic mass is 10.1. The molecule has 1 aliphatic rings. The molecule has 0 amide bonds. The number of phenols is 1. The normalized spacial score (nSPS) is 20.5. The molecule has 0 aliphatic carbocycles. The fraction of sp³-hybridized carbons (Fsp3) is 0.500. The van der Waals surface area contributed by atoms with Crippen LogP contribution in [0.25, 0.3) is 0 Å². The summed E-state index contributed by atoms with van der Waals surface area (Å²) in [5, 5.41) is 12.1. The smallest absolute Gasteiger partial charge is 0.187 e. The number of benzene rings is 1. The summed E-state index contributed by atoms with van der Waals surface area (Å²) in [5.74, 6) is -2.78. The molecule has 1 aliphatic heterocycles. The van der Waals surface area contributed by atoms with Crippen LogP contribution in [-0.4, -0.2) is 24.4 Å². The minimum absolute atomic E-state index is 0.226. The summed E-state index contributed by atoms with van der Waals surface area (Å²) in [5.41, 5.74) is 0.475. The van der Waals surface area contributed by atoms with E-state index in [1.807, 2.05) is 0 Å². The van der Waals surface area contributed by atoms with Crippen molar-refractivity contribution in [1.29, 1.82) is 0 Å². The molecular formula is C12H15F2NO2. The fourth-order valence-electron chi connectivity index (χ4n) is 1.88. The highest BCUT2D eigenvalue weighted by molar-refractivity contribution is 5.29. The molecule has 3 nitrogen and oxygen atoms in total. The van der Waals surface area contributed by atoms with Crippen LogP contribution in [0.1, 0.15) is 18.4 Å². The fourth-order valence-corrected chi connectivity index (χ4v) is 1.88. The molecule has 1 saturated heterocycles. The van der Waals surface area contributed by atoms with Crippen molar-refractivity contribution in [2.24, 2.45) is 0 Å². The van der Waals surface area contributed by atoms with Gasteiger partial charge in [0.2, 0.25) is 0 Å². The van der Waals surface area contributed by atoms with Crippen molar-refractivity contribution in [2.45, 2.75) is 25.4 Å². The van der Waals surface area contributed by atoms with Gasteiger partial charge in [-0.05, 0) is 30.5 Å². The molecule has 0 aromatic heterocycles. The van der Waals surface area contributed by atoms with Crippen LogP contribution >= 0.6 is 0 Å². The maximum absolute atomic E-state index is 13.1. The van der Waals surface area contributed by atoms with Crippen LogP contribution in [0.2, 0.25) is 0 Å². The van der Waals surface area contributed by atoms with E-state index in [0.29, 0.717) is 18.7 Å². The quantitative estimate of drug-likeness (QED) is 0.852. The largest absolute Gasteiger partial charge is 0.503 e. The monoisotopic (exact) mass is 243 g/mol. The molecule has 1 heterocycles. The third-order valence-corrected chi connectivity index (χ3v) is 2.83. The number of aromatic hydroxyl groups is 1. The standard InChI is InChI=1S/C12H15F2NO2/c13-10-4-8(5-11(14)12(10)16)6-15-9-2-1-3-17-7-9/h4-5,9,15-16H,1-3,6-7H2. The number of nitrogens with one attached hydrogen (secondary N) is 1. The van der Waals surface area contributed by atoms with Gasteiger partial charge in [0.25, 0.3) is 0 Å². The van der Waals surface area contributed by atoms with Crippen molar-refractivity contribution in [3.05, 3.63) is 29.3 Å². The van der Waals surface area contributed by atoms with Gasteiger partial charge in [0, 0.05) is 19.2 Å². The van der Waals surface area contributed by atoms with Crippen molar-refractivity contribution in [2.75, 3.05) is 13.2 Å². The van der Waals surface area contributed by atoms with E-state index >= 15 is 0 Å². The molecule has 1 aromatic rings. The van der Waals surface area contributed by atoms with Crippen molar-refractivity contribution in [1.82, 2.24) is 5.32 Å². The van der Waals surface area contributed by atoms with Gasteiger partial charge in [0.05, 0.1) is 6.61 Å². The van der Waals surface area contributed by atoms with Gasteiger partial charge in [-0.3, -0.25) is 0 Å². The van der Waals surface area contributed by atoms with Crippen LogP contribution in [0, 0.1) is 11.6 Å². The molecule has 0 bridgehead atoms. The SMILES string of the molecule is Oc1c(F)cc(CNC2CCCOC2)cc1F. The van der Waals surface area contributed by atoms with Crippen molar-refractivity contribution in [3.63, 3.8) is 0 Å². The number of ether oxygens (including phenoxy) is 1. The Kier molecular flexibility index (Phi) is 3.91. The molecule has 2 rings (SSSR count). The molecule has 17 heavy (non-hydrogen) atoms. The van der Waals surface area contributed by atoms with E-state index in [1.165, 1.54) is 0 Å². The summed E-state index contributed by atoms with van der Waals surface area (Å²) >= 11 is 0. The molecule has 1 atom stereocenters. The van der Waals surface area contributed by atoms with Gasteiger partial charge in [-0.2, -0.15) is 0 Å². The van der Waals surface area contributed by atoms with E-state index in [0.717, 1.165) is 31.6 Å². The Hall–Kier alpha value is -1.20. The predicted octanol–water partition coefficient (Wildman–Crippen LogP) is 1.94. The third kappa shape index (κ3) is 3.14. The van der Waals surface area contributed by atoms with E-state index in [4.69, 9.17) is 9.84 Å². The van der Waals surface area contributed by atoms with Crippen molar-refractivity contribution < 1.29 is 18.6 Å². The van der Waals surface area contributed by atoms with E-state index in [1.54, 1.807) is 0 Å². The minimum Gasteiger partial charge on any atom is -0.503 e. The highest BCUT2D eigenvalue weighted by Gasteiger charge is 2.14. The number of hydrogen-bond donors (Lipinski definition) is 2. The molecule has 0 saturated carbocycles. The summed E-state index contributed by atoms with van der Waals surface area (Å²) in [6, 6.07) is 2.49. The lowest BCUT2D eigenvalue weighted by molar-refractivity contribution is 0.0699. The van der Waals surface area contributed by atoms with Gasteiger partial charge in [-0.25, -0.2) is 8.78 Å². The topological polar surface area (TPSA) is 41.5 Å². The lowest BCUT2D eigenvalue weighted by Gasteiger charge is -2.23. The number of halogens is 2. The Morgan fingerprint density at radius 1 is 1.35 bits per heavy atom. The first-order valence-electron chi connectivity index (χ1n) is 5.65. The Bertz CT molecular complexity index is 369. The van der Waals surface area contributed by atoms with Crippen LogP contribution in [0.4, 0.5) is 8.78 Å². The molecular weight excluding hydrogens is 228 g/mol. The Morgan fingerprint density at radius 2 is 2.06 bits per heavy atom. The summed E-state index contributed by atoms with van der Waals surface area (Å²) in [4.78, 5) is 0. The molecule has 1 fully saturated rings. The third-order valence-electron chi connectivity index (χ3n) is 2.83. The van der Waals surface area contributed by atoms with Crippen LogP contribution in [0.3, 0.4) is 0 Å². The molecule has 0 radical (unpaired) electrons. The highest BCUT2D eigenvalue weighted by Crippen LogP contribution is 2.21. The number of phenolic OH excluding ortho intramolecular Hbond substituents is 1. The van der Waals surface area contributed by atoms with Gasteiger partial charge in [-0.15, -0.1) is 0 Å². The van der Waals surface area contributed by atoms with Gasteiger partial charge >= 0.3 is 0 Å². The predicted molar refractivity (Wildman–Crippen MR) is 58.7 cm³/mol. The van der Waals surface area contributed by atoms with Crippen LogP contribution < -0.4 is 5.32 Å². The first-order valence-corrected chi connectivity index (χ1v) is 5.65. The first kappa shape index (κ1) is 12.3. The van der Waals surface area contributed by atoms with Crippen molar-refractivity contribution >= 4 is 0 Å². The molecule has 94 valence electrons. The van der Waals surface area contributed by atoms with E-state index < -0.39 is 17.4 Å². The van der Waals surface area contributed by atoms with Gasteiger partial charge in [-0.1, -0.05) is 0 Å². The molecule has 2 N–H and O–H groups in total. The zero-order valence-electron chi connectivity index (χ0n) is 9.38. The number of hydrogen-bond acceptors (Lipinski definition) is 3. The lowest BCUT2D eigenvalue weighted by Crippen LogP contribution is -2.36. The highest BCUT2D eigenvalue weighted by atomic mass is 19.1. The summed E-state index contributed by atoms with van der Waals surface area (Å²) in [6.07, 6.45) is 2.00. The van der Waals surface area contributed by atoms with Gasteiger partial charge in [0.15, 0.2) is 17.4 Å². The second-order valence-corrected chi connectivity index (χ2v) is 4.20. The zero-order chi connectivity index (χ0) is 12.3. The molecule has 1 aromatic carbocycles. The van der Waals surface area contributed by atoms with Crippen LogP contribution in [0.5, 0.6) is 5.75 Å². The molecule has 1 unspecified atom stereocenters. The maximum atomic E-state index is 13.1. The Morgan fingerprint density at radius 3 is 2.65 bits per heavy atom. The van der Waals surface area contributed by atoms with E-state index in [-0.39, 0.29) is 6.04 Å². The Labute approximate surface area is 98.4 Å². The second kappa shape index (κ2) is 5.42. The molecule has 0 spiro atoms. The average Bonchev–Trinajstić information content (AvgIpc) is 2.34. The summed E-state index contributed by atoms with van der Waals surface area (Å²) in [7, 11) is 0.